The maximum absolute atomic E-state index is 13.1. The Hall–Kier alpha value is -1.79. The van der Waals surface area contributed by atoms with Gasteiger partial charge in [0.25, 0.3) is 11.5 Å². The Bertz CT molecular complexity index is 931. The van der Waals surface area contributed by atoms with Crippen molar-refractivity contribution in [3.8, 4) is 0 Å². The van der Waals surface area contributed by atoms with Crippen LogP contribution in [0.4, 0.5) is 0 Å². The number of rotatable bonds is 4. The molecule has 1 N–H and O–H groups in total. The number of carbonyl (C=O) groups is 1. The maximum Gasteiger partial charge on any atom is 0.253 e. The van der Waals surface area contributed by atoms with Crippen LogP contribution < -0.4 is 5.56 Å². The summed E-state index contributed by atoms with van der Waals surface area (Å²) in [5.74, 6) is 1.90. The quantitative estimate of drug-likeness (QED) is 0.857. The van der Waals surface area contributed by atoms with Gasteiger partial charge < -0.3 is 9.88 Å². The van der Waals surface area contributed by atoms with E-state index >= 15 is 0 Å². The van der Waals surface area contributed by atoms with Crippen LogP contribution in [-0.2, 0) is 12.2 Å². The largest absolute Gasteiger partial charge is 0.336 e. The lowest BCUT2D eigenvalue weighted by Gasteiger charge is -2.38. The van der Waals surface area contributed by atoms with Gasteiger partial charge in [0, 0.05) is 60.0 Å². The lowest BCUT2D eigenvalue weighted by atomic mass is 9.99. The Morgan fingerprint density at radius 1 is 1.21 bits per heavy atom. The van der Waals surface area contributed by atoms with Gasteiger partial charge in [0.1, 0.15) is 0 Å². The number of piperazine rings is 1. The highest BCUT2D eigenvalue weighted by Gasteiger charge is 2.25. The van der Waals surface area contributed by atoms with E-state index in [4.69, 9.17) is 0 Å². The summed E-state index contributed by atoms with van der Waals surface area (Å²) in [6.45, 7) is 7.96. The van der Waals surface area contributed by atoms with Crippen LogP contribution in [0.25, 0.3) is 10.9 Å². The molecule has 2 aliphatic rings. The van der Waals surface area contributed by atoms with Gasteiger partial charge in [0.05, 0.1) is 0 Å². The van der Waals surface area contributed by atoms with Crippen LogP contribution in [0.3, 0.4) is 0 Å². The third-order valence-electron chi connectivity index (χ3n) is 6.15. The molecule has 1 aromatic heterocycles. The van der Waals surface area contributed by atoms with E-state index in [1.807, 2.05) is 23.1 Å². The van der Waals surface area contributed by atoms with Gasteiger partial charge in [-0.15, -0.1) is 0 Å². The van der Waals surface area contributed by atoms with Gasteiger partial charge >= 0.3 is 0 Å². The Kier molecular flexibility index (Phi) is 5.78. The predicted octanol–water partition coefficient (Wildman–Crippen LogP) is 3.26. The number of aryl methyl sites for hydroxylation is 1. The first-order valence-electron chi connectivity index (χ1n) is 10.4. The molecule has 0 aliphatic carbocycles. The van der Waals surface area contributed by atoms with E-state index in [1.54, 1.807) is 11.8 Å². The minimum Gasteiger partial charge on any atom is -0.336 e. The summed E-state index contributed by atoms with van der Waals surface area (Å²) < 4.78 is 0. The molecule has 1 amide bonds. The van der Waals surface area contributed by atoms with E-state index in [-0.39, 0.29) is 11.5 Å². The molecule has 0 bridgehead atoms. The fourth-order valence-electron chi connectivity index (χ4n) is 4.47. The predicted molar refractivity (Wildman–Crippen MR) is 116 cm³/mol. The fraction of sp³-hybridized carbons (Fsp3) is 0.545. The molecule has 3 heterocycles. The number of hydrogen-bond donors (Lipinski definition) is 1. The minimum atomic E-state index is 0.0195. The SMILES string of the molecule is CCCC(C)N1CCN(C(=O)c2ccc3[nH]c(=O)c4c(c3c2)CCSC4)CC1. The summed E-state index contributed by atoms with van der Waals surface area (Å²) in [5, 5.41) is 1.04. The molecule has 4 rings (SSSR count). The summed E-state index contributed by atoms with van der Waals surface area (Å²) in [7, 11) is 0. The van der Waals surface area contributed by atoms with Gasteiger partial charge in [-0.05, 0) is 49.3 Å². The summed E-state index contributed by atoms with van der Waals surface area (Å²) in [4.78, 5) is 32.9. The zero-order valence-corrected chi connectivity index (χ0v) is 17.6. The average Bonchev–Trinajstić information content (AvgIpc) is 2.73. The number of H-pyrrole nitrogens is 1. The third kappa shape index (κ3) is 3.72. The standard InChI is InChI=1S/C22H29N3O2S/c1-3-4-15(2)24-8-10-25(11-9-24)22(27)16-5-6-20-18(13-16)17-7-12-28-14-19(17)21(26)23-20/h5-6,13,15H,3-4,7-12,14H2,1-2H3,(H,23,26). The number of aromatic nitrogens is 1. The van der Waals surface area contributed by atoms with Gasteiger partial charge in [-0.25, -0.2) is 0 Å². The van der Waals surface area contributed by atoms with E-state index in [1.165, 1.54) is 12.8 Å². The number of amides is 1. The molecule has 0 saturated carbocycles. The van der Waals surface area contributed by atoms with Crippen LogP contribution in [0.15, 0.2) is 23.0 Å². The number of pyridine rings is 1. The Labute approximate surface area is 170 Å². The van der Waals surface area contributed by atoms with E-state index in [0.717, 1.165) is 71.7 Å². The Morgan fingerprint density at radius 2 is 2.00 bits per heavy atom. The van der Waals surface area contributed by atoms with Gasteiger partial charge in [0.15, 0.2) is 0 Å². The van der Waals surface area contributed by atoms with Crippen molar-refractivity contribution in [1.82, 2.24) is 14.8 Å². The highest BCUT2D eigenvalue weighted by molar-refractivity contribution is 7.98. The zero-order chi connectivity index (χ0) is 19.7. The first-order valence-corrected chi connectivity index (χ1v) is 11.5. The van der Waals surface area contributed by atoms with Crippen LogP contribution >= 0.6 is 11.8 Å². The van der Waals surface area contributed by atoms with Crippen molar-refractivity contribution < 1.29 is 4.79 Å². The number of aromatic amines is 1. The number of nitrogens with one attached hydrogen (secondary N) is 1. The van der Waals surface area contributed by atoms with Crippen LogP contribution in [-0.4, -0.2) is 58.7 Å². The minimum absolute atomic E-state index is 0.0195. The lowest BCUT2D eigenvalue weighted by Crippen LogP contribution is -2.51. The Balaban J connectivity index is 1.55. The molecule has 1 atom stereocenters. The average molecular weight is 400 g/mol. The van der Waals surface area contributed by atoms with Gasteiger partial charge in [-0.3, -0.25) is 14.5 Å². The van der Waals surface area contributed by atoms with Crippen molar-refractivity contribution in [2.75, 3.05) is 31.9 Å². The number of thioether (sulfide) groups is 1. The topological polar surface area (TPSA) is 56.4 Å². The van der Waals surface area contributed by atoms with E-state index in [0.29, 0.717) is 6.04 Å². The molecule has 0 spiro atoms. The third-order valence-corrected chi connectivity index (χ3v) is 7.14. The normalized spacial score (nSPS) is 18.9. The lowest BCUT2D eigenvalue weighted by molar-refractivity contribution is 0.0575. The number of nitrogens with zero attached hydrogens (tertiary/aromatic N) is 2. The summed E-state index contributed by atoms with van der Waals surface area (Å²) in [5.41, 5.74) is 3.60. The number of carbonyl (C=O) groups excluding carboxylic acids is 1. The van der Waals surface area contributed by atoms with Gasteiger partial charge in [-0.2, -0.15) is 11.8 Å². The molecule has 28 heavy (non-hydrogen) atoms. The second-order valence-electron chi connectivity index (χ2n) is 7.94. The maximum atomic E-state index is 13.1. The van der Waals surface area contributed by atoms with Crippen LogP contribution in [0, 0.1) is 0 Å². The molecule has 0 radical (unpaired) electrons. The number of fused-ring (bicyclic) bond motifs is 3. The first kappa shape index (κ1) is 19.5. The van der Waals surface area contributed by atoms with E-state index in [9.17, 15) is 9.59 Å². The summed E-state index contributed by atoms with van der Waals surface area (Å²) in [6, 6.07) is 6.33. The molecule has 6 heteroatoms. The van der Waals surface area contributed by atoms with Gasteiger partial charge in [0.2, 0.25) is 0 Å². The fourth-order valence-corrected chi connectivity index (χ4v) is 5.47. The van der Waals surface area contributed by atoms with Crippen molar-refractivity contribution in [2.45, 2.75) is 44.9 Å². The van der Waals surface area contributed by atoms with Crippen LogP contribution in [0.5, 0.6) is 0 Å². The number of benzene rings is 1. The Morgan fingerprint density at radius 3 is 2.75 bits per heavy atom. The van der Waals surface area contributed by atoms with Gasteiger partial charge in [-0.1, -0.05) is 13.3 Å². The highest BCUT2D eigenvalue weighted by atomic mass is 32.2. The zero-order valence-electron chi connectivity index (χ0n) is 16.8. The second kappa shape index (κ2) is 8.29. The summed E-state index contributed by atoms with van der Waals surface area (Å²) >= 11 is 1.80. The summed E-state index contributed by atoms with van der Waals surface area (Å²) in [6.07, 6.45) is 3.30. The van der Waals surface area contributed by atoms with Crippen molar-refractivity contribution >= 4 is 28.6 Å². The smallest absolute Gasteiger partial charge is 0.253 e. The molecule has 1 unspecified atom stereocenters. The molecule has 1 saturated heterocycles. The molecule has 1 fully saturated rings. The molecule has 2 aromatic rings. The second-order valence-corrected chi connectivity index (χ2v) is 9.05. The molecule has 1 aromatic carbocycles. The van der Waals surface area contributed by atoms with Crippen LogP contribution in [0.2, 0.25) is 0 Å². The molecule has 150 valence electrons. The monoisotopic (exact) mass is 399 g/mol. The van der Waals surface area contributed by atoms with Crippen molar-refractivity contribution in [3.63, 3.8) is 0 Å². The molecule has 2 aliphatic heterocycles. The molecular weight excluding hydrogens is 370 g/mol. The molecular formula is C22H29N3O2S. The van der Waals surface area contributed by atoms with E-state index in [2.05, 4.69) is 23.7 Å². The molecule has 5 nitrogen and oxygen atoms in total. The number of hydrogen-bond acceptors (Lipinski definition) is 4. The highest BCUT2D eigenvalue weighted by Crippen LogP contribution is 2.28. The van der Waals surface area contributed by atoms with Crippen molar-refractivity contribution in [3.05, 3.63) is 45.2 Å². The van der Waals surface area contributed by atoms with Crippen molar-refractivity contribution in [2.24, 2.45) is 0 Å². The van der Waals surface area contributed by atoms with Crippen LogP contribution in [0.1, 0.15) is 48.2 Å². The first-order chi connectivity index (χ1) is 13.6. The van der Waals surface area contributed by atoms with Crippen molar-refractivity contribution in [1.29, 1.82) is 0 Å². The van der Waals surface area contributed by atoms with E-state index < -0.39 is 0 Å².